The van der Waals surface area contributed by atoms with Gasteiger partial charge in [-0.2, -0.15) is 0 Å². The van der Waals surface area contributed by atoms with Crippen molar-refractivity contribution >= 4 is 10.0 Å². The van der Waals surface area contributed by atoms with Gasteiger partial charge in [-0.25, -0.2) is 17.5 Å². The van der Waals surface area contributed by atoms with Gasteiger partial charge in [0.25, 0.3) is 0 Å². The first-order valence-corrected chi connectivity index (χ1v) is 7.13. The Kier molecular flexibility index (Phi) is 4.28. The predicted octanol–water partition coefficient (Wildman–Crippen LogP) is 0.0924. The minimum absolute atomic E-state index is 0.0831. The molecular formula is C11H15FN2O3S. The van der Waals surface area contributed by atoms with Crippen LogP contribution in [-0.2, 0) is 14.8 Å². The fraction of sp³-hybridized carbons (Fsp3) is 0.455. The molecule has 1 atom stereocenters. The monoisotopic (exact) mass is 274 g/mol. The van der Waals surface area contributed by atoms with E-state index < -0.39 is 15.8 Å². The maximum Gasteiger partial charge on any atom is 0.243 e. The third kappa shape index (κ3) is 3.26. The van der Waals surface area contributed by atoms with Gasteiger partial charge in [-0.3, -0.25) is 0 Å². The van der Waals surface area contributed by atoms with E-state index in [-0.39, 0.29) is 17.5 Å². The quantitative estimate of drug-likeness (QED) is 0.817. The van der Waals surface area contributed by atoms with Crippen molar-refractivity contribution in [3.8, 4) is 0 Å². The average Bonchev–Trinajstić information content (AvgIpc) is 2.38. The van der Waals surface area contributed by atoms with Crippen molar-refractivity contribution in [1.82, 2.24) is 10.0 Å². The van der Waals surface area contributed by atoms with E-state index in [0.717, 1.165) is 6.07 Å². The normalized spacial score (nSPS) is 20.8. The van der Waals surface area contributed by atoms with Gasteiger partial charge in [0.1, 0.15) is 10.7 Å². The van der Waals surface area contributed by atoms with Crippen LogP contribution in [0.4, 0.5) is 4.39 Å². The molecule has 0 radical (unpaired) electrons. The molecule has 2 N–H and O–H groups in total. The zero-order chi connectivity index (χ0) is 13.0. The molecule has 1 aromatic carbocycles. The van der Waals surface area contributed by atoms with E-state index in [1.807, 2.05) is 0 Å². The number of nitrogens with one attached hydrogen (secondary N) is 2. The Morgan fingerprint density at radius 1 is 1.44 bits per heavy atom. The first kappa shape index (κ1) is 13.4. The van der Waals surface area contributed by atoms with Gasteiger partial charge in [0.05, 0.1) is 13.2 Å². The zero-order valence-corrected chi connectivity index (χ0v) is 10.5. The number of hydrogen-bond acceptors (Lipinski definition) is 4. The van der Waals surface area contributed by atoms with Crippen molar-refractivity contribution in [1.29, 1.82) is 0 Å². The van der Waals surface area contributed by atoms with Crippen molar-refractivity contribution < 1.29 is 17.5 Å². The van der Waals surface area contributed by atoms with Crippen LogP contribution in [0.3, 0.4) is 0 Å². The highest BCUT2D eigenvalue weighted by atomic mass is 32.2. The lowest BCUT2D eigenvalue weighted by Crippen LogP contribution is -2.48. The average molecular weight is 274 g/mol. The smallest absolute Gasteiger partial charge is 0.243 e. The highest BCUT2D eigenvalue weighted by Gasteiger charge is 2.21. The van der Waals surface area contributed by atoms with Crippen LogP contribution >= 0.6 is 0 Å². The van der Waals surface area contributed by atoms with Crippen molar-refractivity contribution in [3.63, 3.8) is 0 Å². The first-order chi connectivity index (χ1) is 8.59. The molecule has 1 saturated heterocycles. The molecule has 1 unspecified atom stereocenters. The van der Waals surface area contributed by atoms with Crippen molar-refractivity contribution in [2.45, 2.75) is 10.9 Å². The second-order valence-electron chi connectivity index (χ2n) is 4.01. The lowest BCUT2D eigenvalue weighted by atomic mass is 10.3. The lowest BCUT2D eigenvalue weighted by Gasteiger charge is -2.23. The first-order valence-electron chi connectivity index (χ1n) is 5.65. The minimum atomic E-state index is -3.81. The van der Waals surface area contributed by atoms with E-state index in [0.29, 0.717) is 19.8 Å². The van der Waals surface area contributed by atoms with E-state index in [9.17, 15) is 12.8 Å². The van der Waals surface area contributed by atoms with Gasteiger partial charge >= 0.3 is 0 Å². The van der Waals surface area contributed by atoms with Crippen molar-refractivity contribution in [2.75, 3.05) is 26.3 Å². The summed E-state index contributed by atoms with van der Waals surface area (Å²) < 4.78 is 44.7. The Balaban J connectivity index is 2.01. The summed E-state index contributed by atoms with van der Waals surface area (Å²) in [6.07, 6.45) is 0. The van der Waals surface area contributed by atoms with Gasteiger partial charge in [-0.1, -0.05) is 12.1 Å². The number of halogens is 1. The molecule has 7 heteroatoms. The van der Waals surface area contributed by atoms with E-state index in [1.54, 1.807) is 0 Å². The van der Waals surface area contributed by atoms with E-state index >= 15 is 0 Å². The molecule has 1 aliphatic rings. The Labute approximate surface area is 105 Å². The molecule has 0 aromatic heterocycles. The van der Waals surface area contributed by atoms with Gasteiger partial charge in [0.15, 0.2) is 0 Å². The number of morpholine rings is 1. The molecule has 1 heterocycles. The molecule has 2 rings (SSSR count). The fourth-order valence-electron chi connectivity index (χ4n) is 1.70. The van der Waals surface area contributed by atoms with Crippen LogP contribution in [0.15, 0.2) is 29.2 Å². The predicted molar refractivity (Wildman–Crippen MR) is 64.2 cm³/mol. The molecule has 1 aromatic rings. The molecule has 5 nitrogen and oxygen atoms in total. The Morgan fingerprint density at radius 2 is 2.22 bits per heavy atom. The van der Waals surface area contributed by atoms with Gasteiger partial charge in [-0.05, 0) is 12.1 Å². The highest BCUT2D eigenvalue weighted by molar-refractivity contribution is 7.89. The molecule has 0 spiro atoms. The van der Waals surface area contributed by atoms with Crippen LogP contribution in [0, 0.1) is 5.82 Å². The molecule has 100 valence electrons. The molecule has 0 bridgehead atoms. The molecule has 0 amide bonds. The maximum atomic E-state index is 13.4. The maximum absolute atomic E-state index is 13.4. The third-order valence-corrected chi connectivity index (χ3v) is 4.10. The van der Waals surface area contributed by atoms with Crippen LogP contribution in [-0.4, -0.2) is 40.8 Å². The van der Waals surface area contributed by atoms with Gasteiger partial charge in [0, 0.05) is 19.1 Å². The van der Waals surface area contributed by atoms with Gasteiger partial charge in [-0.15, -0.1) is 0 Å². The SMILES string of the molecule is O=S(=O)(NCC1COCCN1)c1ccccc1F. The molecule has 18 heavy (non-hydrogen) atoms. The van der Waals surface area contributed by atoms with Crippen LogP contribution in [0.2, 0.25) is 0 Å². The van der Waals surface area contributed by atoms with E-state index in [4.69, 9.17) is 4.74 Å². The number of hydrogen-bond donors (Lipinski definition) is 2. The molecule has 0 aliphatic carbocycles. The number of benzene rings is 1. The summed E-state index contributed by atoms with van der Waals surface area (Å²) in [6, 6.07) is 5.21. The number of sulfonamides is 1. The summed E-state index contributed by atoms with van der Waals surface area (Å²) in [6.45, 7) is 1.93. The Morgan fingerprint density at radius 3 is 2.89 bits per heavy atom. The topological polar surface area (TPSA) is 67.4 Å². The summed E-state index contributed by atoms with van der Waals surface area (Å²) in [5.74, 6) is -0.752. The zero-order valence-electron chi connectivity index (χ0n) is 9.73. The summed E-state index contributed by atoms with van der Waals surface area (Å²) in [4.78, 5) is -0.332. The summed E-state index contributed by atoms with van der Waals surface area (Å²) in [5.41, 5.74) is 0. The molecule has 1 fully saturated rings. The second kappa shape index (κ2) is 5.75. The van der Waals surface area contributed by atoms with Gasteiger partial charge < -0.3 is 10.1 Å². The largest absolute Gasteiger partial charge is 0.378 e. The number of ether oxygens (including phenoxy) is 1. The van der Waals surface area contributed by atoms with Gasteiger partial charge in [0.2, 0.25) is 10.0 Å². The fourth-order valence-corrected chi connectivity index (χ4v) is 2.86. The summed E-state index contributed by atoms with van der Waals surface area (Å²) >= 11 is 0. The molecule has 1 aliphatic heterocycles. The van der Waals surface area contributed by atoms with Crippen LogP contribution < -0.4 is 10.0 Å². The summed E-state index contributed by atoms with van der Waals surface area (Å²) in [7, 11) is -3.81. The lowest BCUT2D eigenvalue weighted by molar-refractivity contribution is 0.0784. The van der Waals surface area contributed by atoms with E-state index in [1.165, 1.54) is 18.2 Å². The van der Waals surface area contributed by atoms with E-state index in [2.05, 4.69) is 10.0 Å². The van der Waals surface area contributed by atoms with Crippen LogP contribution in [0.5, 0.6) is 0 Å². The minimum Gasteiger partial charge on any atom is -0.378 e. The summed E-state index contributed by atoms with van der Waals surface area (Å²) in [5, 5.41) is 3.11. The third-order valence-electron chi connectivity index (χ3n) is 2.64. The molecule has 0 saturated carbocycles. The standard InChI is InChI=1S/C11H15FN2O3S/c12-10-3-1-2-4-11(10)18(15,16)14-7-9-8-17-6-5-13-9/h1-4,9,13-14H,5-8H2. The Hall–Kier alpha value is -1.02. The van der Waals surface area contributed by atoms with Crippen LogP contribution in [0.25, 0.3) is 0 Å². The second-order valence-corrected chi connectivity index (χ2v) is 5.74. The highest BCUT2D eigenvalue weighted by Crippen LogP contribution is 2.12. The molecular weight excluding hydrogens is 259 g/mol. The Bertz CT molecular complexity index is 501. The number of rotatable bonds is 4. The van der Waals surface area contributed by atoms with Crippen LogP contribution in [0.1, 0.15) is 0 Å². The van der Waals surface area contributed by atoms with Crippen molar-refractivity contribution in [3.05, 3.63) is 30.1 Å². The van der Waals surface area contributed by atoms with Crippen molar-refractivity contribution in [2.24, 2.45) is 0 Å².